The molecule has 3 rings (SSSR count). The van der Waals surface area contributed by atoms with Crippen LogP contribution in [0.5, 0.6) is 0 Å². The predicted octanol–water partition coefficient (Wildman–Crippen LogP) is 1.43. The second-order valence-corrected chi connectivity index (χ2v) is 5.90. The Morgan fingerprint density at radius 3 is 2.35 bits per heavy atom. The fourth-order valence-electron chi connectivity index (χ4n) is 2.92. The molecule has 0 aromatic carbocycles. The molecule has 0 N–H and O–H groups in total. The molecule has 6 nitrogen and oxygen atoms in total. The zero-order valence-corrected chi connectivity index (χ0v) is 12.4. The molecule has 2 aliphatic rings. The van der Waals surface area contributed by atoms with Gasteiger partial charge < -0.3 is 14.5 Å². The van der Waals surface area contributed by atoms with Gasteiger partial charge in [-0.25, -0.2) is 14.8 Å². The monoisotopic (exact) mass is 276 g/mol. The highest BCUT2D eigenvalue weighted by Gasteiger charge is 2.49. The van der Waals surface area contributed by atoms with Crippen LogP contribution >= 0.6 is 0 Å². The molecule has 0 radical (unpaired) electrons. The van der Waals surface area contributed by atoms with Crippen molar-refractivity contribution in [1.29, 1.82) is 0 Å². The second-order valence-electron chi connectivity index (χ2n) is 5.90. The number of aromatic nitrogens is 2. The molecular formula is C14H20N4O2. The lowest BCUT2D eigenvalue weighted by molar-refractivity contribution is 0.0741. The molecule has 6 heteroatoms. The largest absolute Gasteiger partial charge is 0.439 e. The molecule has 1 atom stereocenters. The Morgan fingerprint density at radius 2 is 1.80 bits per heavy atom. The van der Waals surface area contributed by atoms with E-state index in [4.69, 9.17) is 4.74 Å². The van der Waals surface area contributed by atoms with Crippen LogP contribution < -0.4 is 4.90 Å². The maximum Gasteiger partial charge on any atom is 0.410 e. The number of likely N-dealkylation sites (N-methyl/N-ethyl adjacent to an activating group) is 1. The van der Waals surface area contributed by atoms with Gasteiger partial charge in [-0.2, -0.15) is 0 Å². The van der Waals surface area contributed by atoms with Crippen molar-refractivity contribution in [3.63, 3.8) is 0 Å². The predicted molar refractivity (Wildman–Crippen MR) is 74.9 cm³/mol. The van der Waals surface area contributed by atoms with Crippen molar-refractivity contribution < 1.29 is 9.53 Å². The lowest BCUT2D eigenvalue weighted by Gasteiger charge is -2.22. The molecule has 1 amide bonds. The van der Waals surface area contributed by atoms with Crippen molar-refractivity contribution in [3.8, 4) is 0 Å². The Labute approximate surface area is 118 Å². The summed E-state index contributed by atoms with van der Waals surface area (Å²) < 4.78 is 5.55. The zero-order chi connectivity index (χ0) is 14.5. The first-order chi connectivity index (χ1) is 9.40. The first kappa shape index (κ1) is 13.1. The van der Waals surface area contributed by atoms with E-state index in [1.165, 1.54) is 0 Å². The first-order valence-corrected chi connectivity index (χ1v) is 6.91. The third kappa shape index (κ3) is 1.99. The van der Waals surface area contributed by atoms with E-state index in [0.717, 1.165) is 35.9 Å². The van der Waals surface area contributed by atoms with Crippen molar-refractivity contribution in [2.75, 3.05) is 31.6 Å². The van der Waals surface area contributed by atoms with Gasteiger partial charge >= 0.3 is 6.09 Å². The number of nitrogens with zero attached hydrogens (tertiary/aromatic N) is 4. The van der Waals surface area contributed by atoms with Gasteiger partial charge in [0.25, 0.3) is 0 Å². The minimum absolute atomic E-state index is 0.232. The van der Waals surface area contributed by atoms with Crippen LogP contribution in [0.2, 0.25) is 0 Å². The molecule has 0 saturated carbocycles. The van der Waals surface area contributed by atoms with Gasteiger partial charge in [0.05, 0.1) is 13.1 Å². The maximum absolute atomic E-state index is 11.6. The smallest absolute Gasteiger partial charge is 0.410 e. The number of carbonyl (C=O) groups is 1. The quantitative estimate of drug-likeness (QED) is 0.776. The van der Waals surface area contributed by atoms with Gasteiger partial charge in [0.1, 0.15) is 0 Å². The summed E-state index contributed by atoms with van der Waals surface area (Å²) in [5.74, 6) is 0.744. The molecule has 0 aliphatic carbocycles. The third-order valence-electron chi connectivity index (χ3n) is 4.36. The van der Waals surface area contributed by atoms with Crippen LogP contribution in [0.1, 0.15) is 23.4 Å². The fourth-order valence-corrected chi connectivity index (χ4v) is 2.92. The number of rotatable bonds is 1. The third-order valence-corrected chi connectivity index (χ3v) is 4.36. The molecule has 1 unspecified atom stereocenters. The molecular weight excluding hydrogens is 256 g/mol. The Hall–Kier alpha value is -1.85. The van der Waals surface area contributed by atoms with E-state index >= 15 is 0 Å². The maximum atomic E-state index is 11.6. The van der Waals surface area contributed by atoms with E-state index in [9.17, 15) is 4.79 Å². The standard InChI is InChI=1S/C14H20N4O2/c1-9-10(2)15-12(16-11(9)3)18-6-5-14(8-18)7-17(4)13(19)20-14/h5-8H2,1-4H3. The van der Waals surface area contributed by atoms with Gasteiger partial charge in [-0.1, -0.05) is 0 Å². The average Bonchev–Trinajstić information content (AvgIpc) is 2.90. The first-order valence-electron chi connectivity index (χ1n) is 6.91. The number of hydrogen-bond donors (Lipinski definition) is 0. The molecule has 108 valence electrons. The van der Waals surface area contributed by atoms with Crippen LogP contribution in [-0.4, -0.2) is 53.2 Å². The lowest BCUT2D eigenvalue weighted by atomic mass is 10.0. The van der Waals surface area contributed by atoms with Gasteiger partial charge in [-0.3, -0.25) is 0 Å². The zero-order valence-electron chi connectivity index (χ0n) is 12.4. The molecule has 2 fully saturated rings. The Bertz CT molecular complexity index is 551. The van der Waals surface area contributed by atoms with E-state index in [1.807, 2.05) is 20.8 Å². The van der Waals surface area contributed by atoms with E-state index in [1.54, 1.807) is 11.9 Å². The molecule has 2 aliphatic heterocycles. The summed E-state index contributed by atoms with van der Waals surface area (Å²) in [4.78, 5) is 24.5. The minimum atomic E-state index is -0.387. The summed E-state index contributed by atoms with van der Waals surface area (Å²) in [5.41, 5.74) is 2.76. The van der Waals surface area contributed by atoms with Crippen LogP contribution in [0.4, 0.5) is 10.7 Å². The van der Waals surface area contributed by atoms with E-state index in [2.05, 4.69) is 14.9 Å². The summed E-state index contributed by atoms with van der Waals surface area (Å²) >= 11 is 0. The summed E-state index contributed by atoms with van der Waals surface area (Å²) in [7, 11) is 1.77. The Kier molecular flexibility index (Phi) is 2.84. The summed E-state index contributed by atoms with van der Waals surface area (Å²) in [6.45, 7) is 8.18. The summed E-state index contributed by atoms with van der Waals surface area (Å²) in [6, 6.07) is 0. The van der Waals surface area contributed by atoms with Crippen molar-refractivity contribution in [1.82, 2.24) is 14.9 Å². The molecule has 3 heterocycles. The molecule has 20 heavy (non-hydrogen) atoms. The van der Waals surface area contributed by atoms with Crippen molar-refractivity contribution in [2.45, 2.75) is 32.8 Å². The molecule has 2 saturated heterocycles. The van der Waals surface area contributed by atoms with Gasteiger partial charge in [-0.15, -0.1) is 0 Å². The lowest BCUT2D eigenvalue weighted by Crippen LogP contribution is -2.37. The van der Waals surface area contributed by atoms with E-state index < -0.39 is 0 Å². The van der Waals surface area contributed by atoms with Crippen molar-refractivity contribution >= 4 is 12.0 Å². The van der Waals surface area contributed by atoms with Crippen LogP contribution in [0.15, 0.2) is 0 Å². The van der Waals surface area contributed by atoms with Crippen LogP contribution in [-0.2, 0) is 4.74 Å². The normalized spacial score (nSPS) is 25.7. The van der Waals surface area contributed by atoms with Crippen LogP contribution in [0.3, 0.4) is 0 Å². The number of hydrogen-bond acceptors (Lipinski definition) is 5. The van der Waals surface area contributed by atoms with E-state index in [0.29, 0.717) is 13.1 Å². The molecule has 0 bridgehead atoms. The average molecular weight is 276 g/mol. The minimum Gasteiger partial charge on any atom is -0.439 e. The summed E-state index contributed by atoms with van der Waals surface area (Å²) in [5, 5.41) is 0. The number of aryl methyl sites for hydroxylation is 2. The summed E-state index contributed by atoms with van der Waals surface area (Å²) in [6.07, 6.45) is 0.599. The molecule has 1 aromatic rings. The molecule has 1 aromatic heterocycles. The van der Waals surface area contributed by atoms with Gasteiger partial charge in [0, 0.05) is 31.4 Å². The fraction of sp³-hybridized carbons (Fsp3) is 0.643. The van der Waals surface area contributed by atoms with Crippen LogP contribution in [0.25, 0.3) is 0 Å². The highest BCUT2D eigenvalue weighted by atomic mass is 16.6. The van der Waals surface area contributed by atoms with Gasteiger partial charge in [-0.05, 0) is 26.3 Å². The van der Waals surface area contributed by atoms with Crippen molar-refractivity contribution in [3.05, 3.63) is 17.0 Å². The van der Waals surface area contributed by atoms with Crippen molar-refractivity contribution in [2.24, 2.45) is 0 Å². The highest BCUT2D eigenvalue weighted by Crippen LogP contribution is 2.33. The highest BCUT2D eigenvalue weighted by molar-refractivity contribution is 5.70. The Morgan fingerprint density at radius 1 is 1.15 bits per heavy atom. The topological polar surface area (TPSA) is 58.6 Å². The second kappa shape index (κ2) is 4.33. The number of amides is 1. The van der Waals surface area contributed by atoms with Gasteiger partial charge in [0.2, 0.25) is 5.95 Å². The number of ether oxygens (including phenoxy) is 1. The van der Waals surface area contributed by atoms with Crippen LogP contribution in [0, 0.1) is 20.8 Å². The SMILES string of the molecule is Cc1nc(N2CCC3(CN(C)C(=O)O3)C2)nc(C)c1C. The number of anilines is 1. The number of carbonyl (C=O) groups excluding carboxylic acids is 1. The van der Waals surface area contributed by atoms with E-state index in [-0.39, 0.29) is 11.7 Å². The molecule has 1 spiro atoms. The Balaban J connectivity index is 1.83. The van der Waals surface area contributed by atoms with Gasteiger partial charge in [0.15, 0.2) is 5.60 Å².